The van der Waals surface area contributed by atoms with Crippen molar-refractivity contribution in [2.45, 2.75) is 23.6 Å². The molecule has 1 aromatic carbocycles. The topological polar surface area (TPSA) is 46.6 Å². The van der Waals surface area contributed by atoms with Gasteiger partial charge in [0.1, 0.15) is 0 Å². The summed E-state index contributed by atoms with van der Waals surface area (Å²) < 4.78 is 32.7. The standard InChI is InChI=1S/C14H19BrClNO3S/c1-17(9-12-3-2-6-20-10-12)21(18,19)14-5-4-11(8-16)7-13(14)15/h4-5,7,12H,2-3,6,8-10H2,1H3. The molecule has 1 heterocycles. The number of hydrogen-bond acceptors (Lipinski definition) is 3. The van der Waals surface area contributed by atoms with Gasteiger partial charge in [0.05, 0.1) is 11.5 Å². The molecule has 21 heavy (non-hydrogen) atoms. The first-order chi connectivity index (χ1) is 9.95. The third kappa shape index (κ3) is 4.20. The van der Waals surface area contributed by atoms with Gasteiger partial charge in [0.2, 0.25) is 10.0 Å². The first-order valence-electron chi connectivity index (χ1n) is 6.83. The Morgan fingerprint density at radius 3 is 2.81 bits per heavy atom. The Balaban J connectivity index is 2.16. The molecule has 1 aliphatic rings. The van der Waals surface area contributed by atoms with Gasteiger partial charge in [0.25, 0.3) is 0 Å². The molecule has 0 bridgehead atoms. The maximum atomic E-state index is 12.6. The van der Waals surface area contributed by atoms with Gasteiger partial charge in [-0.25, -0.2) is 12.7 Å². The second kappa shape index (κ2) is 7.42. The third-order valence-electron chi connectivity index (χ3n) is 3.61. The lowest BCUT2D eigenvalue weighted by atomic mass is 10.0. The summed E-state index contributed by atoms with van der Waals surface area (Å²) in [4.78, 5) is 0.274. The predicted octanol–water partition coefficient (Wildman–Crippen LogP) is 3.24. The van der Waals surface area contributed by atoms with Crippen LogP contribution in [0.4, 0.5) is 0 Å². The van der Waals surface area contributed by atoms with Crippen molar-refractivity contribution in [3.63, 3.8) is 0 Å². The molecule has 1 fully saturated rings. The fourth-order valence-electron chi connectivity index (χ4n) is 2.42. The second-order valence-corrected chi connectivity index (χ2v) is 8.40. The van der Waals surface area contributed by atoms with Gasteiger partial charge in [-0.2, -0.15) is 0 Å². The fourth-order valence-corrected chi connectivity index (χ4v) is 4.91. The van der Waals surface area contributed by atoms with E-state index >= 15 is 0 Å². The SMILES string of the molecule is CN(CC1CCCOC1)S(=O)(=O)c1ccc(CCl)cc1Br. The van der Waals surface area contributed by atoms with Crippen molar-refractivity contribution in [3.05, 3.63) is 28.2 Å². The van der Waals surface area contributed by atoms with Crippen LogP contribution in [-0.2, 0) is 20.6 Å². The monoisotopic (exact) mass is 395 g/mol. The molecule has 118 valence electrons. The summed E-state index contributed by atoms with van der Waals surface area (Å²) in [5.74, 6) is 0.619. The average molecular weight is 397 g/mol. The summed E-state index contributed by atoms with van der Waals surface area (Å²) >= 11 is 9.09. The molecule has 0 radical (unpaired) electrons. The minimum Gasteiger partial charge on any atom is -0.381 e. The molecule has 7 heteroatoms. The highest BCUT2D eigenvalue weighted by molar-refractivity contribution is 9.10. The number of nitrogens with zero attached hydrogens (tertiary/aromatic N) is 1. The Bertz CT molecular complexity index is 588. The Morgan fingerprint density at radius 2 is 2.24 bits per heavy atom. The zero-order valence-corrected chi connectivity index (χ0v) is 15.0. The highest BCUT2D eigenvalue weighted by Crippen LogP contribution is 2.27. The Morgan fingerprint density at radius 1 is 1.48 bits per heavy atom. The van der Waals surface area contributed by atoms with Crippen LogP contribution in [0.25, 0.3) is 0 Å². The van der Waals surface area contributed by atoms with Crippen LogP contribution in [0.2, 0.25) is 0 Å². The highest BCUT2D eigenvalue weighted by atomic mass is 79.9. The van der Waals surface area contributed by atoms with Crippen molar-refractivity contribution < 1.29 is 13.2 Å². The summed E-state index contributed by atoms with van der Waals surface area (Å²) in [5, 5.41) is 0. The smallest absolute Gasteiger partial charge is 0.243 e. The fraction of sp³-hybridized carbons (Fsp3) is 0.571. The van der Waals surface area contributed by atoms with Crippen molar-refractivity contribution in [3.8, 4) is 0 Å². The summed E-state index contributed by atoms with van der Waals surface area (Å²) in [5.41, 5.74) is 0.880. The quantitative estimate of drug-likeness (QED) is 0.718. The third-order valence-corrected chi connectivity index (χ3v) is 6.72. The van der Waals surface area contributed by atoms with E-state index in [1.807, 2.05) is 0 Å². The molecule has 1 atom stereocenters. The van der Waals surface area contributed by atoms with Crippen LogP contribution in [0.1, 0.15) is 18.4 Å². The number of alkyl halides is 1. The first kappa shape index (κ1) is 17.2. The van der Waals surface area contributed by atoms with Gasteiger partial charge in [-0.3, -0.25) is 0 Å². The van der Waals surface area contributed by atoms with Gasteiger partial charge in [0, 0.05) is 30.6 Å². The average Bonchev–Trinajstić information content (AvgIpc) is 2.47. The summed E-state index contributed by atoms with van der Waals surface area (Å²) in [6.45, 7) is 1.89. The van der Waals surface area contributed by atoms with E-state index < -0.39 is 10.0 Å². The largest absolute Gasteiger partial charge is 0.381 e. The van der Waals surface area contributed by atoms with Crippen LogP contribution in [-0.4, -0.2) is 39.5 Å². The number of benzene rings is 1. The molecule has 4 nitrogen and oxygen atoms in total. The highest BCUT2D eigenvalue weighted by Gasteiger charge is 2.26. The van der Waals surface area contributed by atoms with Crippen LogP contribution in [0.3, 0.4) is 0 Å². The van der Waals surface area contributed by atoms with Gasteiger partial charge in [-0.15, -0.1) is 11.6 Å². The van der Waals surface area contributed by atoms with Crippen LogP contribution in [0, 0.1) is 5.92 Å². The Kier molecular flexibility index (Phi) is 6.08. The summed E-state index contributed by atoms with van der Waals surface area (Å²) in [7, 11) is -1.89. The van der Waals surface area contributed by atoms with Crippen LogP contribution >= 0.6 is 27.5 Å². The van der Waals surface area contributed by atoms with E-state index in [-0.39, 0.29) is 10.8 Å². The molecule has 0 aromatic heterocycles. The van der Waals surface area contributed by atoms with Gasteiger partial charge >= 0.3 is 0 Å². The lowest BCUT2D eigenvalue weighted by molar-refractivity contribution is 0.0495. The molecule has 0 saturated carbocycles. The van der Waals surface area contributed by atoms with Gasteiger partial charge < -0.3 is 4.74 Å². The van der Waals surface area contributed by atoms with E-state index in [0.717, 1.165) is 25.0 Å². The van der Waals surface area contributed by atoms with Gasteiger partial charge in [-0.1, -0.05) is 6.07 Å². The lowest BCUT2D eigenvalue weighted by Crippen LogP contribution is -2.35. The zero-order valence-electron chi connectivity index (χ0n) is 11.9. The molecule has 2 rings (SSSR count). The van der Waals surface area contributed by atoms with Crippen molar-refractivity contribution in [2.75, 3.05) is 26.8 Å². The number of halogens is 2. The maximum absolute atomic E-state index is 12.6. The second-order valence-electron chi connectivity index (χ2n) is 5.27. The number of sulfonamides is 1. The molecule has 0 amide bonds. The van der Waals surface area contributed by atoms with Crippen molar-refractivity contribution in [1.82, 2.24) is 4.31 Å². The van der Waals surface area contributed by atoms with E-state index in [1.54, 1.807) is 25.2 Å². The predicted molar refractivity (Wildman–Crippen MR) is 87.1 cm³/mol. The van der Waals surface area contributed by atoms with E-state index in [0.29, 0.717) is 23.5 Å². The zero-order chi connectivity index (χ0) is 15.5. The molecule has 0 N–H and O–H groups in total. The van der Waals surface area contributed by atoms with Crippen LogP contribution in [0.5, 0.6) is 0 Å². The van der Waals surface area contributed by atoms with Crippen molar-refractivity contribution in [1.29, 1.82) is 0 Å². The molecule has 1 unspecified atom stereocenters. The van der Waals surface area contributed by atoms with E-state index in [2.05, 4.69) is 15.9 Å². The summed E-state index contributed by atoms with van der Waals surface area (Å²) in [6, 6.07) is 5.09. The molecule has 0 spiro atoms. The first-order valence-corrected chi connectivity index (χ1v) is 9.60. The van der Waals surface area contributed by atoms with Gasteiger partial charge in [0.15, 0.2) is 0 Å². The Labute approximate surface area is 139 Å². The van der Waals surface area contributed by atoms with E-state index in [9.17, 15) is 8.42 Å². The molecule has 0 aliphatic carbocycles. The van der Waals surface area contributed by atoms with Crippen LogP contribution in [0.15, 0.2) is 27.6 Å². The normalized spacial score (nSPS) is 19.9. The molecular formula is C14H19BrClNO3S. The lowest BCUT2D eigenvalue weighted by Gasteiger charge is -2.27. The molecule has 1 saturated heterocycles. The Hall–Kier alpha value is -0.140. The van der Waals surface area contributed by atoms with E-state index in [1.165, 1.54) is 4.31 Å². The number of ether oxygens (including phenoxy) is 1. The van der Waals surface area contributed by atoms with Crippen molar-refractivity contribution in [2.24, 2.45) is 5.92 Å². The van der Waals surface area contributed by atoms with Crippen molar-refractivity contribution >= 4 is 37.6 Å². The molecule has 1 aliphatic heterocycles. The summed E-state index contributed by atoms with van der Waals surface area (Å²) in [6.07, 6.45) is 2.00. The molecular weight excluding hydrogens is 378 g/mol. The minimum atomic E-state index is -3.51. The van der Waals surface area contributed by atoms with E-state index in [4.69, 9.17) is 16.3 Å². The van der Waals surface area contributed by atoms with Crippen LogP contribution < -0.4 is 0 Å². The number of hydrogen-bond donors (Lipinski definition) is 0. The maximum Gasteiger partial charge on any atom is 0.243 e. The van der Waals surface area contributed by atoms with Gasteiger partial charge in [-0.05, 0) is 52.4 Å². The molecule has 1 aromatic rings. The number of rotatable bonds is 5. The minimum absolute atomic E-state index is 0.263.